The highest BCUT2D eigenvalue weighted by Gasteiger charge is 2.09. The Balaban J connectivity index is 2.23. The lowest BCUT2D eigenvalue weighted by Gasteiger charge is -2.05. The first-order valence-electron chi connectivity index (χ1n) is 5.49. The lowest BCUT2D eigenvalue weighted by atomic mass is 10.2. The van der Waals surface area contributed by atoms with E-state index in [0.29, 0.717) is 4.77 Å². The summed E-state index contributed by atoms with van der Waals surface area (Å²) in [5.41, 5.74) is 1.91. The number of hydrogen-bond donors (Lipinski definition) is 1. The Hall–Kier alpha value is -2.27. The van der Waals surface area contributed by atoms with Crippen molar-refractivity contribution in [2.75, 3.05) is 0 Å². The first-order valence-corrected chi connectivity index (χ1v) is 5.90. The first-order chi connectivity index (χ1) is 8.86. The Morgan fingerprint density at radius 3 is 2.61 bits per heavy atom. The van der Waals surface area contributed by atoms with E-state index in [-0.39, 0.29) is 0 Å². The van der Waals surface area contributed by atoms with Gasteiger partial charge in [-0.25, -0.2) is 0 Å². The van der Waals surface area contributed by atoms with E-state index in [4.69, 9.17) is 12.2 Å². The molecule has 0 saturated heterocycles. The van der Waals surface area contributed by atoms with Crippen LogP contribution in [0, 0.1) is 4.77 Å². The Morgan fingerprint density at radius 1 is 1.06 bits per heavy atom. The lowest BCUT2D eigenvalue weighted by molar-refractivity contribution is 1.02. The molecule has 2 heterocycles. The SMILES string of the molecule is S=c1[nH]nc(-c2ccccc2)n1-c1cccnc1. The zero-order chi connectivity index (χ0) is 12.4. The van der Waals surface area contributed by atoms with Crippen LogP contribution in [0.3, 0.4) is 0 Å². The second-order valence-corrected chi connectivity index (χ2v) is 4.15. The Kier molecular flexibility index (Phi) is 2.74. The predicted molar refractivity (Wildman–Crippen MR) is 72.0 cm³/mol. The molecule has 5 heteroatoms. The topological polar surface area (TPSA) is 46.5 Å². The van der Waals surface area contributed by atoms with E-state index in [1.165, 1.54) is 0 Å². The molecule has 0 aliphatic carbocycles. The normalized spacial score (nSPS) is 10.4. The Bertz CT molecular complexity index is 701. The minimum absolute atomic E-state index is 0.557. The van der Waals surface area contributed by atoms with Gasteiger partial charge in [-0.15, -0.1) is 0 Å². The molecule has 0 saturated carbocycles. The van der Waals surface area contributed by atoms with Crippen molar-refractivity contribution in [3.63, 3.8) is 0 Å². The summed E-state index contributed by atoms with van der Waals surface area (Å²) >= 11 is 5.27. The molecule has 0 atom stereocenters. The average Bonchev–Trinajstić information content (AvgIpc) is 2.83. The molecule has 0 fully saturated rings. The predicted octanol–water partition coefficient (Wildman–Crippen LogP) is 2.99. The van der Waals surface area contributed by atoms with Gasteiger partial charge in [0.05, 0.1) is 11.9 Å². The quantitative estimate of drug-likeness (QED) is 0.715. The van der Waals surface area contributed by atoms with Gasteiger partial charge in [-0.2, -0.15) is 5.10 Å². The van der Waals surface area contributed by atoms with E-state index in [9.17, 15) is 0 Å². The van der Waals surface area contributed by atoms with Gasteiger partial charge in [-0.3, -0.25) is 14.6 Å². The van der Waals surface area contributed by atoms with Crippen LogP contribution in [0.25, 0.3) is 17.1 Å². The highest BCUT2D eigenvalue weighted by molar-refractivity contribution is 7.71. The monoisotopic (exact) mass is 254 g/mol. The molecular weight excluding hydrogens is 244 g/mol. The number of hydrogen-bond acceptors (Lipinski definition) is 3. The number of pyridine rings is 1. The third kappa shape index (κ3) is 1.84. The maximum Gasteiger partial charge on any atom is 0.200 e. The number of nitrogens with zero attached hydrogens (tertiary/aromatic N) is 3. The average molecular weight is 254 g/mol. The molecule has 1 N–H and O–H groups in total. The molecule has 1 aromatic carbocycles. The van der Waals surface area contributed by atoms with E-state index >= 15 is 0 Å². The molecule has 4 nitrogen and oxygen atoms in total. The number of benzene rings is 1. The largest absolute Gasteiger partial charge is 0.267 e. The van der Waals surface area contributed by atoms with Gasteiger partial charge in [0.15, 0.2) is 10.6 Å². The molecule has 0 aliphatic rings. The molecule has 0 amide bonds. The van der Waals surface area contributed by atoms with Crippen LogP contribution < -0.4 is 0 Å². The molecule has 0 aliphatic heterocycles. The zero-order valence-electron chi connectivity index (χ0n) is 9.45. The number of H-pyrrole nitrogens is 1. The van der Waals surface area contributed by atoms with Crippen molar-refractivity contribution in [3.8, 4) is 17.1 Å². The first kappa shape index (κ1) is 10.9. The number of aromatic nitrogens is 4. The number of aromatic amines is 1. The van der Waals surface area contributed by atoms with Crippen LogP contribution in [-0.4, -0.2) is 19.7 Å². The van der Waals surface area contributed by atoms with Crippen LogP contribution in [0.15, 0.2) is 54.9 Å². The molecular formula is C13H10N4S. The van der Waals surface area contributed by atoms with Crippen LogP contribution in [-0.2, 0) is 0 Å². The number of rotatable bonds is 2. The van der Waals surface area contributed by atoms with Crippen molar-refractivity contribution in [2.45, 2.75) is 0 Å². The Morgan fingerprint density at radius 2 is 1.89 bits per heavy atom. The van der Waals surface area contributed by atoms with Crippen LogP contribution in [0.4, 0.5) is 0 Å². The summed E-state index contributed by atoms with van der Waals surface area (Å²) in [5, 5.41) is 7.10. The molecule has 0 spiro atoms. The molecule has 3 aromatic rings. The fourth-order valence-corrected chi connectivity index (χ4v) is 2.04. The van der Waals surface area contributed by atoms with Crippen molar-refractivity contribution in [2.24, 2.45) is 0 Å². The standard InChI is InChI=1S/C13H10N4S/c18-13-16-15-12(10-5-2-1-3-6-10)17(13)11-7-4-8-14-9-11/h1-9H,(H,16,18). The summed E-state index contributed by atoms with van der Waals surface area (Å²) in [6.45, 7) is 0. The van der Waals surface area contributed by atoms with Gasteiger partial charge in [-0.05, 0) is 24.4 Å². The highest BCUT2D eigenvalue weighted by atomic mass is 32.1. The van der Waals surface area contributed by atoms with Crippen molar-refractivity contribution in [3.05, 3.63) is 59.6 Å². The van der Waals surface area contributed by atoms with Gasteiger partial charge in [0, 0.05) is 11.8 Å². The van der Waals surface area contributed by atoms with Gasteiger partial charge in [-0.1, -0.05) is 30.3 Å². The maximum absolute atomic E-state index is 5.27. The van der Waals surface area contributed by atoms with E-state index in [1.54, 1.807) is 12.4 Å². The summed E-state index contributed by atoms with van der Waals surface area (Å²) in [5.74, 6) is 0.786. The van der Waals surface area contributed by atoms with Crippen molar-refractivity contribution in [1.82, 2.24) is 19.7 Å². The van der Waals surface area contributed by atoms with Gasteiger partial charge in [0.2, 0.25) is 0 Å². The van der Waals surface area contributed by atoms with Gasteiger partial charge >= 0.3 is 0 Å². The highest BCUT2D eigenvalue weighted by Crippen LogP contribution is 2.20. The third-order valence-corrected chi connectivity index (χ3v) is 2.88. The van der Waals surface area contributed by atoms with Crippen molar-refractivity contribution in [1.29, 1.82) is 0 Å². The second-order valence-electron chi connectivity index (χ2n) is 3.77. The van der Waals surface area contributed by atoms with E-state index in [1.807, 2.05) is 47.0 Å². The lowest BCUT2D eigenvalue weighted by Crippen LogP contribution is -1.97. The van der Waals surface area contributed by atoms with E-state index in [2.05, 4.69) is 15.2 Å². The molecule has 18 heavy (non-hydrogen) atoms. The summed E-state index contributed by atoms with van der Waals surface area (Å²) in [7, 11) is 0. The van der Waals surface area contributed by atoms with Crippen molar-refractivity contribution < 1.29 is 0 Å². The van der Waals surface area contributed by atoms with Crippen molar-refractivity contribution >= 4 is 12.2 Å². The molecule has 2 aromatic heterocycles. The number of nitrogens with one attached hydrogen (secondary N) is 1. The minimum atomic E-state index is 0.557. The maximum atomic E-state index is 5.27. The fourth-order valence-electron chi connectivity index (χ4n) is 1.80. The summed E-state index contributed by atoms with van der Waals surface area (Å²) < 4.78 is 2.43. The van der Waals surface area contributed by atoms with Crippen LogP contribution in [0.2, 0.25) is 0 Å². The third-order valence-electron chi connectivity index (χ3n) is 2.61. The van der Waals surface area contributed by atoms with E-state index < -0.39 is 0 Å². The molecule has 3 rings (SSSR count). The van der Waals surface area contributed by atoms with Gasteiger partial charge in [0.1, 0.15) is 0 Å². The minimum Gasteiger partial charge on any atom is -0.267 e. The molecule has 0 unspecified atom stereocenters. The van der Waals surface area contributed by atoms with Crippen LogP contribution >= 0.6 is 12.2 Å². The van der Waals surface area contributed by atoms with Crippen LogP contribution in [0.5, 0.6) is 0 Å². The smallest absolute Gasteiger partial charge is 0.200 e. The van der Waals surface area contributed by atoms with E-state index in [0.717, 1.165) is 17.1 Å². The fraction of sp³-hybridized carbons (Fsp3) is 0. The molecule has 88 valence electrons. The van der Waals surface area contributed by atoms with Crippen LogP contribution in [0.1, 0.15) is 0 Å². The summed E-state index contributed by atoms with van der Waals surface area (Å²) in [6.07, 6.45) is 3.49. The van der Waals surface area contributed by atoms with Gasteiger partial charge in [0.25, 0.3) is 0 Å². The Labute approximate surface area is 109 Å². The summed E-state index contributed by atoms with van der Waals surface area (Å²) in [4.78, 5) is 4.11. The second kappa shape index (κ2) is 4.54. The summed E-state index contributed by atoms with van der Waals surface area (Å²) in [6, 6.07) is 13.7. The molecule has 0 radical (unpaired) electrons. The molecule has 0 bridgehead atoms. The van der Waals surface area contributed by atoms with Gasteiger partial charge < -0.3 is 0 Å². The zero-order valence-corrected chi connectivity index (χ0v) is 10.3.